The number of aryl methyl sites for hydroxylation is 1. The van der Waals surface area contributed by atoms with Crippen LogP contribution in [0.5, 0.6) is 0 Å². The van der Waals surface area contributed by atoms with Crippen LogP contribution in [-0.4, -0.2) is 27.1 Å². The summed E-state index contributed by atoms with van der Waals surface area (Å²) in [7, 11) is 0. The second-order valence-electron chi connectivity index (χ2n) is 5.06. The summed E-state index contributed by atoms with van der Waals surface area (Å²) in [6.07, 6.45) is 2.86. The van der Waals surface area contributed by atoms with Crippen LogP contribution in [-0.2, 0) is 17.8 Å². The average molecular weight is 270 g/mol. The monoisotopic (exact) mass is 270 g/mol. The first kappa shape index (κ1) is 12.8. The molecule has 20 heavy (non-hydrogen) atoms. The average Bonchev–Trinajstić information content (AvgIpc) is 3.06. The molecule has 0 amide bonds. The lowest BCUT2D eigenvalue weighted by Crippen LogP contribution is -2.19. The van der Waals surface area contributed by atoms with Gasteiger partial charge in [-0.1, -0.05) is 25.1 Å². The van der Waals surface area contributed by atoms with Crippen molar-refractivity contribution in [3.05, 3.63) is 42.0 Å². The molecule has 104 valence electrons. The molecule has 1 aliphatic rings. The van der Waals surface area contributed by atoms with Gasteiger partial charge in [-0.2, -0.15) is 5.10 Å². The predicted molar refractivity (Wildman–Crippen MR) is 76.7 cm³/mol. The summed E-state index contributed by atoms with van der Waals surface area (Å²) < 4.78 is 1.83. The number of rotatable bonds is 5. The van der Waals surface area contributed by atoms with Crippen molar-refractivity contribution in [2.75, 3.05) is 11.9 Å². The van der Waals surface area contributed by atoms with Crippen molar-refractivity contribution >= 4 is 11.5 Å². The highest BCUT2D eigenvalue weighted by Crippen LogP contribution is 2.32. The SMILES string of the molecule is CCCn1ncnc1CC(=O)C1CNc2ccccc21. The fourth-order valence-corrected chi connectivity index (χ4v) is 2.67. The highest BCUT2D eigenvalue weighted by atomic mass is 16.1. The molecule has 1 aromatic carbocycles. The zero-order valence-electron chi connectivity index (χ0n) is 11.5. The van der Waals surface area contributed by atoms with Gasteiger partial charge in [-0.25, -0.2) is 9.67 Å². The van der Waals surface area contributed by atoms with Crippen molar-refractivity contribution in [2.45, 2.75) is 32.2 Å². The number of carbonyl (C=O) groups is 1. The van der Waals surface area contributed by atoms with E-state index in [-0.39, 0.29) is 11.7 Å². The summed E-state index contributed by atoms with van der Waals surface area (Å²) >= 11 is 0. The van der Waals surface area contributed by atoms with Gasteiger partial charge in [0.1, 0.15) is 17.9 Å². The van der Waals surface area contributed by atoms with E-state index in [1.54, 1.807) is 0 Å². The molecule has 2 heterocycles. The molecule has 1 atom stereocenters. The van der Waals surface area contributed by atoms with Gasteiger partial charge in [0.15, 0.2) is 0 Å². The fraction of sp³-hybridized carbons (Fsp3) is 0.400. The topological polar surface area (TPSA) is 59.8 Å². The third-order valence-corrected chi connectivity index (χ3v) is 3.68. The summed E-state index contributed by atoms with van der Waals surface area (Å²) in [6.45, 7) is 3.58. The van der Waals surface area contributed by atoms with Crippen LogP contribution >= 0.6 is 0 Å². The molecule has 0 spiro atoms. The van der Waals surface area contributed by atoms with Gasteiger partial charge in [-0.15, -0.1) is 0 Å². The number of carbonyl (C=O) groups excluding carboxylic acids is 1. The molecular formula is C15H18N4O. The molecule has 5 heteroatoms. The van der Waals surface area contributed by atoms with E-state index in [0.717, 1.165) is 30.0 Å². The van der Waals surface area contributed by atoms with Crippen LogP contribution in [0.1, 0.15) is 30.7 Å². The molecule has 3 rings (SSSR count). The van der Waals surface area contributed by atoms with Gasteiger partial charge in [0.05, 0.1) is 12.3 Å². The Hall–Kier alpha value is -2.17. The van der Waals surface area contributed by atoms with Crippen molar-refractivity contribution < 1.29 is 4.79 Å². The van der Waals surface area contributed by atoms with Gasteiger partial charge >= 0.3 is 0 Å². The van der Waals surface area contributed by atoms with E-state index in [0.29, 0.717) is 13.0 Å². The van der Waals surface area contributed by atoms with Crippen molar-refractivity contribution in [1.82, 2.24) is 14.8 Å². The number of hydrogen-bond acceptors (Lipinski definition) is 4. The standard InChI is InChI=1S/C15H18N4O/c1-2-7-19-15(17-10-18-19)8-14(20)12-9-16-13-6-4-3-5-11(12)13/h3-6,10,12,16H,2,7-9H2,1H3. The Morgan fingerprint density at radius 3 is 3.15 bits per heavy atom. The minimum Gasteiger partial charge on any atom is -0.384 e. The lowest BCUT2D eigenvalue weighted by molar-refractivity contribution is -0.119. The van der Waals surface area contributed by atoms with Gasteiger partial charge in [0.2, 0.25) is 0 Å². The minimum absolute atomic E-state index is 0.0713. The number of hydrogen-bond donors (Lipinski definition) is 1. The Morgan fingerprint density at radius 1 is 1.45 bits per heavy atom. The zero-order chi connectivity index (χ0) is 13.9. The number of ketones is 1. The number of fused-ring (bicyclic) bond motifs is 1. The van der Waals surface area contributed by atoms with Crippen LogP contribution < -0.4 is 5.32 Å². The van der Waals surface area contributed by atoms with Crippen molar-refractivity contribution in [1.29, 1.82) is 0 Å². The summed E-state index contributed by atoms with van der Waals surface area (Å²) in [4.78, 5) is 16.7. The second kappa shape index (κ2) is 5.45. The largest absolute Gasteiger partial charge is 0.384 e. The number of nitrogens with one attached hydrogen (secondary N) is 1. The molecule has 5 nitrogen and oxygen atoms in total. The lowest BCUT2D eigenvalue weighted by atomic mass is 9.95. The summed E-state index contributed by atoms with van der Waals surface area (Å²) in [5.74, 6) is 0.895. The summed E-state index contributed by atoms with van der Waals surface area (Å²) in [6, 6.07) is 8.00. The Balaban J connectivity index is 1.76. The molecule has 1 aliphatic heterocycles. The van der Waals surface area contributed by atoms with Crippen molar-refractivity contribution in [3.63, 3.8) is 0 Å². The summed E-state index contributed by atoms with van der Waals surface area (Å²) in [5, 5.41) is 7.45. The molecule has 0 saturated heterocycles. The van der Waals surface area contributed by atoms with E-state index in [9.17, 15) is 4.79 Å². The van der Waals surface area contributed by atoms with E-state index in [2.05, 4.69) is 22.3 Å². The number of nitrogens with zero attached hydrogens (tertiary/aromatic N) is 3. The van der Waals surface area contributed by atoms with Crippen LogP contribution in [0.4, 0.5) is 5.69 Å². The van der Waals surface area contributed by atoms with Crippen molar-refractivity contribution in [2.24, 2.45) is 0 Å². The Labute approximate surface area is 118 Å². The number of anilines is 1. The molecule has 1 N–H and O–H groups in total. The number of para-hydroxylation sites is 1. The van der Waals surface area contributed by atoms with Crippen LogP contribution in [0.3, 0.4) is 0 Å². The Morgan fingerprint density at radius 2 is 2.30 bits per heavy atom. The van der Waals surface area contributed by atoms with Gasteiger partial charge < -0.3 is 5.32 Å². The van der Waals surface area contributed by atoms with E-state index in [1.165, 1.54) is 6.33 Å². The Kier molecular flexibility index (Phi) is 3.50. The van der Waals surface area contributed by atoms with Gasteiger partial charge in [-0.3, -0.25) is 4.79 Å². The van der Waals surface area contributed by atoms with Crippen LogP contribution in [0, 0.1) is 0 Å². The molecule has 0 fully saturated rings. The fourth-order valence-electron chi connectivity index (χ4n) is 2.67. The molecule has 0 bridgehead atoms. The number of benzene rings is 1. The second-order valence-corrected chi connectivity index (χ2v) is 5.06. The third-order valence-electron chi connectivity index (χ3n) is 3.68. The molecule has 0 radical (unpaired) electrons. The summed E-state index contributed by atoms with van der Waals surface area (Å²) in [5.41, 5.74) is 2.17. The highest BCUT2D eigenvalue weighted by molar-refractivity contribution is 5.90. The highest BCUT2D eigenvalue weighted by Gasteiger charge is 2.28. The molecule has 1 aromatic heterocycles. The molecule has 2 aromatic rings. The van der Waals surface area contributed by atoms with Crippen LogP contribution in [0.25, 0.3) is 0 Å². The van der Waals surface area contributed by atoms with E-state index in [1.807, 2.05) is 28.9 Å². The molecule has 0 aliphatic carbocycles. The third kappa shape index (κ3) is 2.31. The van der Waals surface area contributed by atoms with Crippen LogP contribution in [0.15, 0.2) is 30.6 Å². The van der Waals surface area contributed by atoms with E-state index in [4.69, 9.17) is 0 Å². The quantitative estimate of drug-likeness (QED) is 0.903. The van der Waals surface area contributed by atoms with Crippen molar-refractivity contribution in [3.8, 4) is 0 Å². The maximum atomic E-state index is 12.5. The smallest absolute Gasteiger partial charge is 0.149 e. The van der Waals surface area contributed by atoms with E-state index < -0.39 is 0 Å². The maximum absolute atomic E-state index is 12.5. The Bertz CT molecular complexity index is 620. The maximum Gasteiger partial charge on any atom is 0.149 e. The van der Waals surface area contributed by atoms with E-state index >= 15 is 0 Å². The minimum atomic E-state index is -0.0713. The number of aromatic nitrogens is 3. The van der Waals surface area contributed by atoms with Gasteiger partial charge in [0, 0.05) is 18.8 Å². The van der Waals surface area contributed by atoms with Gasteiger partial charge in [0.25, 0.3) is 0 Å². The van der Waals surface area contributed by atoms with Crippen LogP contribution in [0.2, 0.25) is 0 Å². The zero-order valence-corrected chi connectivity index (χ0v) is 11.5. The lowest BCUT2D eigenvalue weighted by Gasteiger charge is -2.09. The molecule has 0 saturated carbocycles. The van der Waals surface area contributed by atoms with Gasteiger partial charge in [-0.05, 0) is 18.1 Å². The predicted octanol–water partition coefficient (Wildman–Crippen LogP) is 2.01. The normalized spacial score (nSPS) is 16.8. The first-order valence-corrected chi connectivity index (χ1v) is 7.01. The number of Topliss-reactive ketones (excluding diaryl/α,β-unsaturated/α-hetero) is 1. The first-order chi connectivity index (χ1) is 9.79. The molecule has 1 unspecified atom stereocenters. The molecular weight excluding hydrogens is 252 g/mol. The first-order valence-electron chi connectivity index (χ1n) is 7.01.